The van der Waals surface area contributed by atoms with Gasteiger partial charge in [-0.2, -0.15) is 0 Å². The van der Waals surface area contributed by atoms with E-state index in [0.717, 1.165) is 5.56 Å². The van der Waals surface area contributed by atoms with Crippen molar-refractivity contribution in [2.45, 2.75) is 0 Å². The minimum atomic E-state index is -0.284. The number of nitrogens with two attached hydrogens (primary N) is 1. The molecule has 5 heteroatoms. The number of nitrogen functional groups attached to an aromatic ring is 1. The third kappa shape index (κ3) is 2.53. The molecule has 0 fully saturated rings. The second-order valence-electron chi connectivity index (χ2n) is 4.44. The van der Waals surface area contributed by atoms with E-state index in [0.29, 0.717) is 22.0 Å². The molecule has 0 saturated heterocycles. The Morgan fingerprint density at radius 2 is 1.95 bits per heavy atom. The third-order valence-corrected chi connectivity index (χ3v) is 3.40. The molecule has 2 heterocycles. The quantitative estimate of drug-likeness (QED) is 0.747. The van der Waals surface area contributed by atoms with Crippen LogP contribution in [-0.2, 0) is 0 Å². The summed E-state index contributed by atoms with van der Waals surface area (Å²) in [6, 6.07) is 12.2. The molecule has 0 saturated carbocycles. The second kappa shape index (κ2) is 5.42. The van der Waals surface area contributed by atoms with Gasteiger partial charge in [0.2, 0.25) is 5.78 Å². The molecule has 0 aliphatic carbocycles. The molecule has 0 spiro atoms. The van der Waals surface area contributed by atoms with Gasteiger partial charge in [-0.05, 0) is 30.3 Å². The van der Waals surface area contributed by atoms with Crippen molar-refractivity contribution in [3.8, 4) is 11.3 Å². The van der Waals surface area contributed by atoms with E-state index in [-0.39, 0.29) is 11.5 Å². The zero-order valence-electron chi connectivity index (χ0n) is 10.9. The molecule has 21 heavy (non-hydrogen) atoms. The summed E-state index contributed by atoms with van der Waals surface area (Å²) < 4.78 is 5.61. The maximum absolute atomic E-state index is 12.4. The van der Waals surface area contributed by atoms with Gasteiger partial charge in [0.1, 0.15) is 5.76 Å². The highest BCUT2D eigenvalue weighted by Crippen LogP contribution is 2.30. The highest BCUT2D eigenvalue weighted by atomic mass is 35.5. The number of benzene rings is 1. The number of ketones is 1. The van der Waals surface area contributed by atoms with E-state index in [2.05, 4.69) is 4.98 Å². The molecule has 3 rings (SSSR count). The zero-order valence-corrected chi connectivity index (χ0v) is 11.7. The largest absolute Gasteiger partial charge is 0.453 e. The molecule has 0 aliphatic heterocycles. The van der Waals surface area contributed by atoms with E-state index < -0.39 is 0 Å². The predicted octanol–water partition coefficient (Wildman–Crippen LogP) is 3.81. The molecule has 0 radical (unpaired) electrons. The summed E-state index contributed by atoms with van der Waals surface area (Å²) in [5.41, 5.74) is 7.18. The fourth-order valence-electron chi connectivity index (χ4n) is 2.01. The fraction of sp³-hybridized carbons (Fsp3) is 0. The lowest BCUT2D eigenvalue weighted by Crippen LogP contribution is -2.04. The first-order chi connectivity index (χ1) is 10.2. The van der Waals surface area contributed by atoms with Crippen LogP contribution in [0.5, 0.6) is 0 Å². The van der Waals surface area contributed by atoms with Gasteiger partial charge in [-0.15, -0.1) is 0 Å². The van der Waals surface area contributed by atoms with Gasteiger partial charge in [0.05, 0.1) is 22.5 Å². The first kappa shape index (κ1) is 13.4. The van der Waals surface area contributed by atoms with Gasteiger partial charge in [0.25, 0.3) is 0 Å². The summed E-state index contributed by atoms with van der Waals surface area (Å²) >= 11 is 6.12. The number of hydrogen-bond donors (Lipinski definition) is 1. The third-order valence-electron chi connectivity index (χ3n) is 3.07. The SMILES string of the molecule is Nc1cnccc1C(=O)c1ccc(-c2ccccc2Cl)o1. The van der Waals surface area contributed by atoms with E-state index in [1.165, 1.54) is 12.4 Å². The predicted molar refractivity (Wildman–Crippen MR) is 81.2 cm³/mol. The van der Waals surface area contributed by atoms with Crippen LogP contribution < -0.4 is 5.73 Å². The number of nitrogens with zero attached hydrogens (tertiary/aromatic N) is 1. The molecule has 3 aromatic rings. The average Bonchev–Trinajstić information content (AvgIpc) is 2.97. The van der Waals surface area contributed by atoms with Gasteiger partial charge in [-0.25, -0.2) is 0 Å². The Morgan fingerprint density at radius 3 is 2.71 bits per heavy atom. The van der Waals surface area contributed by atoms with Crippen molar-refractivity contribution < 1.29 is 9.21 Å². The minimum absolute atomic E-state index is 0.211. The molecule has 0 bridgehead atoms. The van der Waals surface area contributed by atoms with Gasteiger partial charge >= 0.3 is 0 Å². The first-order valence-electron chi connectivity index (χ1n) is 6.26. The van der Waals surface area contributed by atoms with Crippen molar-refractivity contribution in [2.24, 2.45) is 0 Å². The van der Waals surface area contributed by atoms with Crippen LogP contribution in [0.2, 0.25) is 5.02 Å². The number of hydrogen-bond acceptors (Lipinski definition) is 4. The van der Waals surface area contributed by atoms with Gasteiger partial charge in [0.15, 0.2) is 5.76 Å². The van der Waals surface area contributed by atoms with Crippen molar-refractivity contribution in [3.63, 3.8) is 0 Å². The van der Waals surface area contributed by atoms with Crippen LogP contribution >= 0.6 is 11.6 Å². The Bertz CT molecular complexity index is 811. The number of pyridine rings is 1. The number of rotatable bonds is 3. The molecule has 104 valence electrons. The maximum atomic E-state index is 12.4. The summed E-state index contributed by atoms with van der Waals surface area (Å²) in [7, 11) is 0. The summed E-state index contributed by atoms with van der Waals surface area (Å²) in [4.78, 5) is 16.2. The number of aromatic nitrogens is 1. The lowest BCUT2D eigenvalue weighted by molar-refractivity contribution is 0.101. The van der Waals surface area contributed by atoms with E-state index in [1.807, 2.05) is 18.2 Å². The average molecular weight is 299 g/mol. The van der Waals surface area contributed by atoms with E-state index in [4.69, 9.17) is 21.8 Å². The molecule has 0 amide bonds. The Balaban J connectivity index is 1.98. The van der Waals surface area contributed by atoms with Crippen molar-refractivity contribution in [2.75, 3.05) is 5.73 Å². The molecule has 0 aliphatic rings. The monoisotopic (exact) mass is 298 g/mol. The molecule has 0 unspecified atom stereocenters. The van der Waals surface area contributed by atoms with Gasteiger partial charge in [-0.3, -0.25) is 9.78 Å². The Labute approximate surface area is 126 Å². The van der Waals surface area contributed by atoms with E-state index >= 15 is 0 Å². The molecule has 4 nitrogen and oxygen atoms in total. The molecule has 2 aromatic heterocycles. The van der Waals surface area contributed by atoms with Crippen LogP contribution in [0.3, 0.4) is 0 Å². The number of halogens is 1. The maximum Gasteiger partial charge on any atom is 0.230 e. The number of anilines is 1. The van der Waals surface area contributed by atoms with Crippen LogP contribution in [0.1, 0.15) is 16.1 Å². The highest BCUT2D eigenvalue weighted by Gasteiger charge is 2.17. The Kier molecular flexibility index (Phi) is 3.46. The van der Waals surface area contributed by atoms with Crippen molar-refractivity contribution in [1.82, 2.24) is 4.98 Å². The lowest BCUT2D eigenvalue weighted by Gasteiger charge is -2.02. The van der Waals surface area contributed by atoms with Gasteiger partial charge < -0.3 is 10.2 Å². The van der Waals surface area contributed by atoms with Crippen LogP contribution in [-0.4, -0.2) is 10.8 Å². The van der Waals surface area contributed by atoms with Gasteiger partial charge in [0, 0.05) is 11.8 Å². The van der Waals surface area contributed by atoms with Crippen LogP contribution in [0.15, 0.2) is 59.3 Å². The normalized spacial score (nSPS) is 10.5. The van der Waals surface area contributed by atoms with Crippen molar-refractivity contribution in [3.05, 3.63) is 71.2 Å². The van der Waals surface area contributed by atoms with Crippen LogP contribution in [0, 0.1) is 0 Å². The fourth-order valence-corrected chi connectivity index (χ4v) is 2.24. The summed E-state index contributed by atoms with van der Waals surface area (Å²) in [6.45, 7) is 0. The number of carbonyl (C=O) groups is 1. The second-order valence-corrected chi connectivity index (χ2v) is 4.84. The summed E-state index contributed by atoms with van der Waals surface area (Å²) in [5.74, 6) is 0.465. The summed E-state index contributed by atoms with van der Waals surface area (Å²) in [5, 5.41) is 0.564. The Morgan fingerprint density at radius 1 is 1.14 bits per heavy atom. The lowest BCUT2D eigenvalue weighted by atomic mass is 10.1. The Hall–Kier alpha value is -2.59. The topological polar surface area (TPSA) is 69.1 Å². The first-order valence-corrected chi connectivity index (χ1v) is 6.63. The zero-order chi connectivity index (χ0) is 14.8. The minimum Gasteiger partial charge on any atom is -0.453 e. The smallest absolute Gasteiger partial charge is 0.230 e. The van der Waals surface area contributed by atoms with Crippen molar-refractivity contribution in [1.29, 1.82) is 0 Å². The number of furan rings is 1. The molecular formula is C16H11ClN2O2. The molecule has 2 N–H and O–H groups in total. The number of carbonyl (C=O) groups excluding carboxylic acids is 1. The molecular weight excluding hydrogens is 288 g/mol. The van der Waals surface area contributed by atoms with Gasteiger partial charge in [-0.1, -0.05) is 23.7 Å². The van der Waals surface area contributed by atoms with Crippen LogP contribution in [0.25, 0.3) is 11.3 Å². The van der Waals surface area contributed by atoms with E-state index in [9.17, 15) is 4.79 Å². The molecule has 0 atom stereocenters. The van der Waals surface area contributed by atoms with Crippen LogP contribution in [0.4, 0.5) is 5.69 Å². The standard InChI is InChI=1S/C16H11ClN2O2/c17-12-4-2-1-3-10(12)14-5-6-15(21-14)16(20)11-7-8-19-9-13(11)18/h1-9H,18H2. The van der Waals surface area contributed by atoms with Crippen molar-refractivity contribution >= 4 is 23.1 Å². The molecule has 1 aromatic carbocycles. The summed E-state index contributed by atoms with van der Waals surface area (Å²) in [6.07, 6.45) is 2.95. The highest BCUT2D eigenvalue weighted by molar-refractivity contribution is 6.33. The van der Waals surface area contributed by atoms with E-state index in [1.54, 1.807) is 24.3 Å².